The molecule has 1 aromatic rings. The summed E-state index contributed by atoms with van der Waals surface area (Å²) in [5, 5.41) is 12.6. The van der Waals surface area contributed by atoms with Gasteiger partial charge in [-0.1, -0.05) is 25.3 Å². The monoisotopic (exact) mass is 447 g/mol. The van der Waals surface area contributed by atoms with Gasteiger partial charge in [0.15, 0.2) is 17.5 Å². The number of likely N-dealkylation sites (tertiary alicyclic amines) is 1. The summed E-state index contributed by atoms with van der Waals surface area (Å²) in [6, 6.07) is 4.48. The van der Waals surface area contributed by atoms with Gasteiger partial charge in [-0.05, 0) is 42.4 Å². The maximum absolute atomic E-state index is 13.4. The highest BCUT2D eigenvalue weighted by atomic mass is 127. The van der Waals surface area contributed by atoms with Gasteiger partial charge in [0.05, 0.1) is 0 Å². The van der Waals surface area contributed by atoms with Crippen LogP contribution < -0.4 is 5.32 Å². The summed E-state index contributed by atoms with van der Waals surface area (Å²) >= 11 is 0. The molecule has 6 heteroatoms. The summed E-state index contributed by atoms with van der Waals surface area (Å²) < 4.78 is 13.4. The Morgan fingerprint density at radius 3 is 2.71 bits per heavy atom. The molecule has 24 heavy (non-hydrogen) atoms. The second kappa shape index (κ2) is 8.36. The number of aliphatic imine (C=N–C) groups is 1. The number of halogens is 2. The summed E-state index contributed by atoms with van der Waals surface area (Å²) in [7, 11) is 1.80. The number of guanidine groups is 1. The van der Waals surface area contributed by atoms with E-state index in [1.54, 1.807) is 13.1 Å². The van der Waals surface area contributed by atoms with Crippen LogP contribution in [0.15, 0.2) is 23.2 Å². The van der Waals surface area contributed by atoms with Crippen molar-refractivity contribution in [3.63, 3.8) is 0 Å². The second-order valence-electron chi connectivity index (χ2n) is 6.92. The number of hydrogen-bond donors (Lipinski definition) is 2. The smallest absolute Gasteiger partial charge is 0.193 e. The number of nitrogens with one attached hydrogen (secondary N) is 1. The first kappa shape index (κ1) is 19.3. The molecule has 0 amide bonds. The third-order valence-electron chi connectivity index (χ3n) is 5.33. The first-order valence-corrected chi connectivity index (χ1v) is 8.55. The van der Waals surface area contributed by atoms with Crippen molar-refractivity contribution in [2.75, 3.05) is 20.1 Å². The zero-order valence-electron chi connectivity index (χ0n) is 14.2. The van der Waals surface area contributed by atoms with E-state index in [9.17, 15) is 9.50 Å². The molecule has 1 saturated carbocycles. The lowest BCUT2D eigenvalue weighted by Gasteiger charge is -2.33. The van der Waals surface area contributed by atoms with Gasteiger partial charge >= 0.3 is 0 Å². The minimum atomic E-state index is -0.582. The van der Waals surface area contributed by atoms with Crippen LogP contribution >= 0.6 is 24.0 Å². The van der Waals surface area contributed by atoms with Crippen molar-refractivity contribution in [1.82, 2.24) is 10.2 Å². The predicted octanol–water partition coefficient (Wildman–Crippen LogP) is 3.88. The van der Waals surface area contributed by atoms with E-state index in [4.69, 9.17) is 0 Å². The second-order valence-corrected chi connectivity index (χ2v) is 6.92. The van der Waals surface area contributed by atoms with Crippen LogP contribution in [0.4, 0.5) is 4.39 Å². The normalized spacial score (nSPS) is 20.1. The van der Waals surface area contributed by atoms with E-state index in [1.807, 2.05) is 0 Å². The maximum atomic E-state index is 13.4. The molecule has 2 N–H and O–H groups in total. The van der Waals surface area contributed by atoms with E-state index in [-0.39, 0.29) is 29.7 Å². The van der Waals surface area contributed by atoms with Gasteiger partial charge in [-0.2, -0.15) is 0 Å². The van der Waals surface area contributed by atoms with Crippen molar-refractivity contribution in [3.8, 4) is 5.75 Å². The highest BCUT2D eigenvalue weighted by Gasteiger charge is 2.39. The Morgan fingerprint density at radius 2 is 2.04 bits per heavy atom. The first-order chi connectivity index (χ1) is 11.1. The van der Waals surface area contributed by atoms with Gasteiger partial charge in [-0.15, -0.1) is 24.0 Å². The van der Waals surface area contributed by atoms with Gasteiger partial charge < -0.3 is 15.3 Å². The molecule has 1 aromatic carbocycles. The van der Waals surface area contributed by atoms with E-state index in [1.165, 1.54) is 50.7 Å². The average Bonchev–Trinajstić information content (AvgIpc) is 2.95. The molecule has 0 bridgehead atoms. The molecule has 134 valence electrons. The Bertz CT molecular complexity index is 588. The predicted molar refractivity (Wildman–Crippen MR) is 105 cm³/mol. The molecule has 0 unspecified atom stereocenters. The number of nitrogens with zero attached hydrogens (tertiary/aromatic N) is 2. The standard InChI is InChI=1S/C18H26FN3O.HI/c1-20-17(21-12-14-5-6-16(23)15(19)11-14)22-10-9-18(13-22)7-3-2-4-8-18;/h5-6,11,23H,2-4,7-10,12-13H2,1H3,(H,20,21);1H. The minimum Gasteiger partial charge on any atom is -0.505 e. The maximum Gasteiger partial charge on any atom is 0.193 e. The molecule has 3 rings (SSSR count). The van der Waals surface area contributed by atoms with Crippen molar-refractivity contribution < 1.29 is 9.50 Å². The van der Waals surface area contributed by atoms with Crippen LogP contribution in [0, 0.1) is 11.2 Å². The van der Waals surface area contributed by atoms with Gasteiger partial charge in [-0.3, -0.25) is 4.99 Å². The van der Waals surface area contributed by atoms with Crippen LogP contribution in [-0.4, -0.2) is 36.1 Å². The Hall–Kier alpha value is -1.05. The summed E-state index contributed by atoms with van der Waals surface area (Å²) in [5.74, 6) is -0.000495. The average molecular weight is 447 g/mol. The molecule has 2 aliphatic rings. The fourth-order valence-corrected chi connectivity index (χ4v) is 4.00. The van der Waals surface area contributed by atoms with E-state index in [0.717, 1.165) is 24.6 Å². The molecule has 1 heterocycles. The van der Waals surface area contributed by atoms with Gasteiger partial charge in [0.1, 0.15) is 0 Å². The van der Waals surface area contributed by atoms with Crippen LogP contribution in [0.5, 0.6) is 5.75 Å². The molecule has 1 spiro atoms. The number of phenols is 1. The topological polar surface area (TPSA) is 47.9 Å². The molecule has 0 atom stereocenters. The van der Waals surface area contributed by atoms with Gasteiger partial charge in [0, 0.05) is 26.7 Å². The van der Waals surface area contributed by atoms with Crippen LogP contribution in [-0.2, 0) is 6.54 Å². The van der Waals surface area contributed by atoms with E-state index < -0.39 is 5.82 Å². The Balaban J connectivity index is 0.00000208. The summed E-state index contributed by atoms with van der Waals surface area (Å²) in [5.41, 5.74) is 1.29. The number of hydrogen-bond acceptors (Lipinski definition) is 2. The van der Waals surface area contributed by atoms with Crippen molar-refractivity contribution in [3.05, 3.63) is 29.6 Å². The Kier molecular flexibility index (Phi) is 6.71. The molecular weight excluding hydrogens is 420 g/mol. The Labute approximate surface area is 160 Å². The number of benzene rings is 1. The third-order valence-corrected chi connectivity index (χ3v) is 5.33. The first-order valence-electron chi connectivity index (χ1n) is 8.55. The Morgan fingerprint density at radius 1 is 1.29 bits per heavy atom. The quantitative estimate of drug-likeness (QED) is 0.411. The molecule has 0 radical (unpaired) electrons. The summed E-state index contributed by atoms with van der Waals surface area (Å²) in [6.45, 7) is 2.63. The van der Waals surface area contributed by atoms with E-state index >= 15 is 0 Å². The molecule has 4 nitrogen and oxygen atoms in total. The van der Waals surface area contributed by atoms with Crippen molar-refractivity contribution >= 4 is 29.9 Å². The summed E-state index contributed by atoms with van der Waals surface area (Å²) in [4.78, 5) is 6.73. The SMILES string of the molecule is CN=C(NCc1ccc(O)c(F)c1)N1CCC2(CCCCC2)C1.I. The van der Waals surface area contributed by atoms with Crippen molar-refractivity contribution in [2.45, 2.75) is 45.1 Å². The molecular formula is C18H27FIN3O. The summed E-state index contributed by atoms with van der Waals surface area (Å²) in [6.07, 6.45) is 8.01. The molecule has 0 aromatic heterocycles. The van der Waals surface area contributed by atoms with Crippen LogP contribution in [0.3, 0.4) is 0 Å². The largest absolute Gasteiger partial charge is 0.505 e. The van der Waals surface area contributed by atoms with Crippen LogP contribution in [0.1, 0.15) is 44.1 Å². The fourth-order valence-electron chi connectivity index (χ4n) is 4.00. The lowest BCUT2D eigenvalue weighted by Crippen LogP contribution is -2.41. The highest BCUT2D eigenvalue weighted by Crippen LogP contribution is 2.43. The van der Waals surface area contributed by atoms with Crippen LogP contribution in [0.2, 0.25) is 0 Å². The van der Waals surface area contributed by atoms with Crippen molar-refractivity contribution in [1.29, 1.82) is 0 Å². The highest BCUT2D eigenvalue weighted by molar-refractivity contribution is 14.0. The van der Waals surface area contributed by atoms with Gasteiger partial charge in [-0.25, -0.2) is 4.39 Å². The molecule has 1 aliphatic carbocycles. The van der Waals surface area contributed by atoms with Gasteiger partial charge in [0.2, 0.25) is 0 Å². The molecule has 1 saturated heterocycles. The van der Waals surface area contributed by atoms with E-state index in [0.29, 0.717) is 12.0 Å². The van der Waals surface area contributed by atoms with Gasteiger partial charge in [0.25, 0.3) is 0 Å². The zero-order chi connectivity index (χ0) is 16.3. The van der Waals surface area contributed by atoms with Crippen LogP contribution in [0.25, 0.3) is 0 Å². The third kappa shape index (κ3) is 4.32. The minimum absolute atomic E-state index is 0. The zero-order valence-corrected chi connectivity index (χ0v) is 16.6. The van der Waals surface area contributed by atoms with Crippen molar-refractivity contribution in [2.24, 2.45) is 10.4 Å². The lowest BCUT2D eigenvalue weighted by molar-refractivity contribution is 0.203. The molecule has 2 fully saturated rings. The number of phenolic OH excluding ortho intramolecular Hbond substituents is 1. The lowest BCUT2D eigenvalue weighted by atomic mass is 9.73. The number of aromatic hydroxyl groups is 1. The fraction of sp³-hybridized carbons (Fsp3) is 0.611. The molecule has 1 aliphatic heterocycles. The number of rotatable bonds is 2. The van der Waals surface area contributed by atoms with E-state index in [2.05, 4.69) is 15.2 Å².